The number of methoxy groups -OCH3 is 2. The van der Waals surface area contributed by atoms with E-state index in [1.54, 1.807) is 62.4 Å². The zero-order chi connectivity index (χ0) is 26.2. The van der Waals surface area contributed by atoms with Crippen LogP contribution in [0.25, 0.3) is 12.2 Å². The number of hydrogen-bond donors (Lipinski definition) is 0. The van der Waals surface area contributed by atoms with E-state index in [1.165, 1.54) is 40.2 Å². The highest BCUT2D eigenvalue weighted by atomic mass is 16.6. The first-order chi connectivity index (χ1) is 16.5. The van der Waals surface area contributed by atoms with Crippen LogP contribution in [0.5, 0.6) is 23.0 Å². The predicted octanol–water partition coefficient (Wildman–Crippen LogP) is 4.45. The summed E-state index contributed by atoms with van der Waals surface area (Å²) in [6.07, 6.45) is 5.76. The minimum Gasteiger partial charge on any atom is -0.493 e. The number of esters is 2. The summed E-state index contributed by atoms with van der Waals surface area (Å²) in [5, 5.41) is 0. The van der Waals surface area contributed by atoms with E-state index in [0.29, 0.717) is 22.6 Å². The number of carbonyl (C=O) groups is 4. The van der Waals surface area contributed by atoms with Crippen molar-refractivity contribution in [2.75, 3.05) is 14.2 Å². The fourth-order valence-corrected chi connectivity index (χ4v) is 2.94. The van der Waals surface area contributed by atoms with Crippen LogP contribution in [0.4, 0.5) is 0 Å². The smallest absolute Gasteiger partial charge is 0.308 e. The third kappa shape index (κ3) is 7.40. The predicted molar refractivity (Wildman–Crippen MR) is 130 cm³/mol. The molecule has 0 fully saturated rings. The van der Waals surface area contributed by atoms with Gasteiger partial charge in [-0.1, -0.05) is 24.3 Å². The van der Waals surface area contributed by atoms with E-state index in [0.717, 1.165) is 0 Å². The standard InChI is InChI=1S/C27H28O8/c1-17(28)34-21-11-7-19(15-23(21)32-5)9-13-25(30)27(3,4)26(31)14-10-20-8-12-22(35-18(2)29)24(16-20)33-6/h7-16H,1-6H3/b13-9+,14-10+. The molecule has 0 bridgehead atoms. The molecule has 0 spiro atoms. The largest absolute Gasteiger partial charge is 0.493 e. The van der Waals surface area contributed by atoms with Crippen molar-refractivity contribution in [1.29, 1.82) is 0 Å². The van der Waals surface area contributed by atoms with Gasteiger partial charge in [-0.15, -0.1) is 0 Å². The van der Waals surface area contributed by atoms with Crippen LogP contribution in [0.3, 0.4) is 0 Å². The summed E-state index contributed by atoms with van der Waals surface area (Å²) >= 11 is 0. The van der Waals surface area contributed by atoms with E-state index in [9.17, 15) is 19.2 Å². The zero-order valence-electron chi connectivity index (χ0n) is 20.5. The highest BCUT2D eigenvalue weighted by Gasteiger charge is 2.32. The lowest BCUT2D eigenvalue weighted by Crippen LogP contribution is -2.30. The Morgan fingerprint density at radius 2 is 1.03 bits per heavy atom. The molecule has 2 aromatic rings. The van der Waals surface area contributed by atoms with Crippen molar-refractivity contribution in [3.63, 3.8) is 0 Å². The summed E-state index contributed by atoms with van der Waals surface area (Å²) in [5.74, 6) is -0.534. The number of benzene rings is 2. The van der Waals surface area contributed by atoms with Crippen molar-refractivity contribution in [2.24, 2.45) is 5.41 Å². The summed E-state index contributed by atoms with van der Waals surface area (Å²) in [5.41, 5.74) is -0.0500. The van der Waals surface area contributed by atoms with Gasteiger partial charge in [0.25, 0.3) is 0 Å². The minimum absolute atomic E-state index is 0.265. The molecule has 35 heavy (non-hydrogen) atoms. The second kappa shape index (κ2) is 11.8. The summed E-state index contributed by atoms with van der Waals surface area (Å²) < 4.78 is 20.6. The first kappa shape index (κ1) is 27.0. The molecule has 0 aliphatic heterocycles. The molecule has 0 aromatic heterocycles. The molecular formula is C27H28O8. The topological polar surface area (TPSA) is 105 Å². The molecule has 0 heterocycles. The number of allylic oxidation sites excluding steroid dienone is 2. The Balaban J connectivity index is 2.15. The maximum absolute atomic E-state index is 12.8. The van der Waals surface area contributed by atoms with E-state index < -0.39 is 28.9 Å². The molecule has 0 aliphatic carbocycles. The van der Waals surface area contributed by atoms with Crippen molar-refractivity contribution in [2.45, 2.75) is 27.7 Å². The quantitative estimate of drug-likeness (QED) is 0.213. The molecule has 8 nitrogen and oxygen atoms in total. The minimum atomic E-state index is -1.31. The van der Waals surface area contributed by atoms with Crippen LogP contribution in [-0.2, 0) is 19.2 Å². The molecule has 0 saturated heterocycles. The average Bonchev–Trinajstić information content (AvgIpc) is 2.81. The van der Waals surface area contributed by atoms with E-state index in [-0.39, 0.29) is 11.5 Å². The first-order valence-corrected chi connectivity index (χ1v) is 10.7. The van der Waals surface area contributed by atoms with Crippen LogP contribution in [0.2, 0.25) is 0 Å². The SMILES string of the molecule is COc1cc(/C=C/C(=O)C(C)(C)C(=O)/C=C/c2ccc(OC(C)=O)c(OC)c2)ccc1OC(C)=O. The summed E-state index contributed by atoms with van der Waals surface area (Å²) in [7, 11) is 2.88. The van der Waals surface area contributed by atoms with Crippen molar-refractivity contribution in [3.8, 4) is 23.0 Å². The van der Waals surface area contributed by atoms with Crippen LogP contribution in [0.1, 0.15) is 38.8 Å². The molecule has 8 heteroatoms. The highest BCUT2D eigenvalue weighted by molar-refractivity contribution is 6.16. The van der Waals surface area contributed by atoms with Crippen LogP contribution >= 0.6 is 0 Å². The van der Waals surface area contributed by atoms with Gasteiger partial charge in [-0.25, -0.2) is 0 Å². The van der Waals surface area contributed by atoms with Gasteiger partial charge in [0.15, 0.2) is 34.6 Å². The van der Waals surface area contributed by atoms with Gasteiger partial charge in [-0.3, -0.25) is 19.2 Å². The third-order valence-electron chi connectivity index (χ3n) is 4.97. The van der Waals surface area contributed by atoms with E-state index in [1.807, 2.05) is 0 Å². The molecule has 0 N–H and O–H groups in total. The van der Waals surface area contributed by atoms with Crippen LogP contribution < -0.4 is 18.9 Å². The van der Waals surface area contributed by atoms with E-state index >= 15 is 0 Å². The van der Waals surface area contributed by atoms with Crippen molar-refractivity contribution >= 4 is 35.7 Å². The molecule has 0 aliphatic rings. The molecule has 0 unspecified atom stereocenters. The molecule has 2 aromatic carbocycles. The zero-order valence-corrected chi connectivity index (χ0v) is 20.5. The lowest BCUT2D eigenvalue weighted by Gasteiger charge is -2.17. The lowest BCUT2D eigenvalue weighted by atomic mass is 9.82. The second-order valence-corrected chi connectivity index (χ2v) is 8.03. The molecule has 0 radical (unpaired) electrons. The Kier molecular flexibility index (Phi) is 9.11. The van der Waals surface area contributed by atoms with Crippen molar-refractivity contribution < 1.29 is 38.1 Å². The van der Waals surface area contributed by atoms with Crippen LogP contribution in [0, 0.1) is 5.41 Å². The average molecular weight is 481 g/mol. The summed E-state index contributed by atoms with van der Waals surface area (Å²) in [6.45, 7) is 5.66. The van der Waals surface area contributed by atoms with Crippen LogP contribution in [-0.4, -0.2) is 37.7 Å². The molecule has 184 valence electrons. The molecule has 0 saturated carbocycles. The fourth-order valence-electron chi connectivity index (χ4n) is 2.94. The van der Waals surface area contributed by atoms with Gasteiger partial charge in [0.1, 0.15) is 0 Å². The van der Waals surface area contributed by atoms with Gasteiger partial charge in [0.2, 0.25) is 0 Å². The Labute approximate surface area is 204 Å². The molecule has 0 atom stereocenters. The molecular weight excluding hydrogens is 452 g/mol. The van der Waals surface area contributed by atoms with Crippen molar-refractivity contribution in [3.05, 3.63) is 59.7 Å². The van der Waals surface area contributed by atoms with Gasteiger partial charge in [0, 0.05) is 13.8 Å². The van der Waals surface area contributed by atoms with Gasteiger partial charge < -0.3 is 18.9 Å². The highest BCUT2D eigenvalue weighted by Crippen LogP contribution is 2.30. The number of hydrogen-bond acceptors (Lipinski definition) is 8. The second-order valence-electron chi connectivity index (χ2n) is 8.03. The van der Waals surface area contributed by atoms with Gasteiger partial charge >= 0.3 is 11.9 Å². The van der Waals surface area contributed by atoms with Gasteiger partial charge in [0.05, 0.1) is 19.6 Å². The van der Waals surface area contributed by atoms with E-state index in [2.05, 4.69) is 0 Å². The third-order valence-corrected chi connectivity index (χ3v) is 4.97. The number of rotatable bonds is 10. The Hall–Kier alpha value is -4.20. The molecule has 2 rings (SSSR count). The van der Waals surface area contributed by atoms with E-state index in [4.69, 9.17) is 18.9 Å². The Bertz CT molecular complexity index is 1100. The fraction of sp³-hybridized carbons (Fsp3) is 0.259. The lowest BCUT2D eigenvalue weighted by molar-refractivity contribution is -0.133. The van der Waals surface area contributed by atoms with Gasteiger partial charge in [-0.2, -0.15) is 0 Å². The Morgan fingerprint density at radius 1 is 0.657 bits per heavy atom. The van der Waals surface area contributed by atoms with Crippen LogP contribution in [0.15, 0.2) is 48.6 Å². The normalized spacial score (nSPS) is 11.4. The monoisotopic (exact) mass is 480 g/mol. The maximum atomic E-state index is 12.8. The molecule has 0 amide bonds. The summed E-state index contributed by atoms with van der Waals surface area (Å²) in [6, 6.07) is 9.67. The number of carbonyl (C=O) groups excluding carboxylic acids is 4. The maximum Gasteiger partial charge on any atom is 0.308 e. The van der Waals surface area contributed by atoms with Crippen molar-refractivity contribution in [1.82, 2.24) is 0 Å². The Morgan fingerprint density at radius 3 is 1.34 bits per heavy atom. The number of ether oxygens (including phenoxy) is 4. The van der Waals surface area contributed by atoms with Gasteiger partial charge in [-0.05, 0) is 61.4 Å². The summed E-state index contributed by atoms with van der Waals surface area (Å²) in [4.78, 5) is 48.0. The first-order valence-electron chi connectivity index (χ1n) is 10.7. The number of ketones is 2.